The van der Waals surface area contributed by atoms with Crippen molar-refractivity contribution >= 4 is 17.9 Å². The summed E-state index contributed by atoms with van der Waals surface area (Å²) in [6.07, 6.45) is 74.0. The molecule has 0 N–H and O–H groups in total. The highest BCUT2D eigenvalue weighted by Gasteiger charge is 2.19. The van der Waals surface area contributed by atoms with E-state index in [2.05, 4.69) is 118 Å². The second kappa shape index (κ2) is 55.9. The molecule has 0 aromatic carbocycles. The maximum atomic E-state index is 12.8. The molecule has 0 aliphatic carbocycles. The van der Waals surface area contributed by atoms with Gasteiger partial charge in [0, 0.05) is 19.3 Å². The Morgan fingerprint density at radius 3 is 0.956 bits per heavy atom. The van der Waals surface area contributed by atoms with E-state index in [1.54, 1.807) is 0 Å². The second-order valence-corrected chi connectivity index (χ2v) is 18.5. The molecule has 0 aliphatic rings. The third kappa shape index (κ3) is 53.3. The molecule has 6 heteroatoms. The largest absolute Gasteiger partial charge is 0.462 e. The average molecular weight is 946 g/mol. The van der Waals surface area contributed by atoms with Crippen molar-refractivity contribution in [2.24, 2.45) is 0 Å². The van der Waals surface area contributed by atoms with Crippen molar-refractivity contribution in [2.75, 3.05) is 13.2 Å². The molecule has 0 aromatic rings. The van der Waals surface area contributed by atoms with Crippen LogP contribution in [0.25, 0.3) is 0 Å². The molecule has 0 radical (unpaired) electrons. The molecule has 0 aromatic heterocycles. The van der Waals surface area contributed by atoms with Gasteiger partial charge in [-0.3, -0.25) is 14.4 Å². The number of hydrogen-bond acceptors (Lipinski definition) is 6. The lowest BCUT2D eigenvalue weighted by Gasteiger charge is -2.18. The van der Waals surface area contributed by atoms with E-state index in [-0.39, 0.29) is 31.1 Å². The summed E-state index contributed by atoms with van der Waals surface area (Å²) < 4.78 is 16.8. The molecule has 1 unspecified atom stereocenters. The molecule has 0 fully saturated rings. The highest BCUT2D eigenvalue weighted by molar-refractivity contribution is 5.71. The molecule has 0 bridgehead atoms. The van der Waals surface area contributed by atoms with Crippen LogP contribution in [0.2, 0.25) is 0 Å². The maximum absolute atomic E-state index is 12.8. The van der Waals surface area contributed by atoms with Crippen LogP contribution in [0.1, 0.15) is 258 Å². The molecule has 0 heterocycles. The quantitative estimate of drug-likeness (QED) is 0.0262. The Hall–Kier alpha value is -3.67. The van der Waals surface area contributed by atoms with Gasteiger partial charge >= 0.3 is 17.9 Å². The van der Waals surface area contributed by atoms with Crippen molar-refractivity contribution in [2.45, 2.75) is 264 Å². The molecule has 1 atom stereocenters. The number of allylic oxidation sites excluding steroid dienone is 16. The van der Waals surface area contributed by atoms with Crippen LogP contribution in [0.4, 0.5) is 0 Å². The minimum Gasteiger partial charge on any atom is -0.462 e. The summed E-state index contributed by atoms with van der Waals surface area (Å²) in [5, 5.41) is 0. The van der Waals surface area contributed by atoms with Crippen LogP contribution in [-0.4, -0.2) is 37.2 Å². The van der Waals surface area contributed by atoms with Crippen molar-refractivity contribution < 1.29 is 28.6 Å². The summed E-state index contributed by atoms with van der Waals surface area (Å²) >= 11 is 0. The lowest BCUT2D eigenvalue weighted by Crippen LogP contribution is -2.30. The summed E-state index contributed by atoms with van der Waals surface area (Å²) in [5.74, 6) is -0.914. The first kappa shape index (κ1) is 64.3. The zero-order valence-corrected chi connectivity index (χ0v) is 44.3. The van der Waals surface area contributed by atoms with Crippen LogP contribution in [0, 0.1) is 0 Å². The molecular weight excluding hydrogens is 841 g/mol. The lowest BCUT2D eigenvalue weighted by atomic mass is 10.0. The van der Waals surface area contributed by atoms with Gasteiger partial charge in [0.25, 0.3) is 0 Å². The Balaban J connectivity index is 4.30. The topological polar surface area (TPSA) is 78.9 Å². The van der Waals surface area contributed by atoms with Crippen LogP contribution in [-0.2, 0) is 28.6 Å². The van der Waals surface area contributed by atoms with Crippen LogP contribution >= 0.6 is 0 Å². The monoisotopic (exact) mass is 945 g/mol. The standard InChI is InChI=1S/C62H104O6/c1-4-7-10-13-16-19-22-24-25-26-27-28-29-30-31-32-33-34-35-36-37-38-41-43-46-49-52-55-61(64)67-58-59(57-66-60(63)54-51-48-45-42-39-21-18-15-12-9-6-3)68-62(65)56-53-50-47-44-40-23-20-17-14-11-8-5-2/h7,10,15-16,18-19,24-25,27-28,30-31,33-34,36-37,59H,4-6,8-9,11-14,17,20-23,26,29,32,35,38-58H2,1-3H3/b10-7-,18-15-,19-16-,25-24-,28-27-,31-30-,34-33-,37-36-. The SMILES string of the molecule is CC/C=C\C/C=C\C/C=C\C/C=C\C/C=C\C/C=C\C/C=C\CCCCCCCC(=O)OCC(COC(=O)CCCCCCC/C=C\CCCC)OC(=O)CCCCCCCCCCCCCC. The highest BCUT2D eigenvalue weighted by atomic mass is 16.6. The predicted molar refractivity (Wildman–Crippen MR) is 293 cm³/mol. The molecule has 0 amide bonds. The normalized spacial score (nSPS) is 12.8. The number of rotatable bonds is 50. The first-order chi connectivity index (χ1) is 33.5. The number of carbonyl (C=O) groups is 3. The van der Waals surface area contributed by atoms with Crippen LogP contribution in [0.5, 0.6) is 0 Å². The summed E-state index contributed by atoms with van der Waals surface area (Å²) in [6, 6.07) is 0. The van der Waals surface area contributed by atoms with E-state index in [4.69, 9.17) is 14.2 Å². The smallest absolute Gasteiger partial charge is 0.306 e. The van der Waals surface area contributed by atoms with Crippen molar-refractivity contribution in [3.63, 3.8) is 0 Å². The van der Waals surface area contributed by atoms with E-state index in [9.17, 15) is 14.4 Å². The Kier molecular flexibility index (Phi) is 52.9. The second-order valence-electron chi connectivity index (χ2n) is 18.5. The molecular formula is C62H104O6. The average Bonchev–Trinajstić information content (AvgIpc) is 3.34. The van der Waals surface area contributed by atoms with E-state index in [1.165, 1.54) is 89.9 Å². The summed E-state index contributed by atoms with van der Waals surface area (Å²) in [6.45, 7) is 6.46. The van der Waals surface area contributed by atoms with E-state index in [1.807, 2.05) is 0 Å². The summed E-state index contributed by atoms with van der Waals surface area (Å²) in [4.78, 5) is 38.0. The third-order valence-corrected chi connectivity index (χ3v) is 11.8. The summed E-state index contributed by atoms with van der Waals surface area (Å²) in [5.41, 5.74) is 0. The first-order valence-electron chi connectivity index (χ1n) is 28.2. The van der Waals surface area contributed by atoms with E-state index in [0.29, 0.717) is 19.3 Å². The van der Waals surface area contributed by atoms with E-state index < -0.39 is 6.10 Å². The van der Waals surface area contributed by atoms with Crippen LogP contribution in [0.3, 0.4) is 0 Å². The zero-order valence-electron chi connectivity index (χ0n) is 44.3. The molecule has 0 saturated heterocycles. The van der Waals surface area contributed by atoms with Gasteiger partial charge in [-0.15, -0.1) is 0 Å². The first-order valence-corrected chi connectivity index (χ1v) is 28.2. The molecule has 388 valence electrons. The van der Waals surface area contributed by atoms with Gasteiger partial charge in [-0.2, -0.15) is 0 Å². The maximum Gasteiger partial charge on any atom is 0.306 e. The van der Waals surface area contributed by atoms with Crippen molar-refractivity contribution in [1.82, 2.24) is 0 Å². The van der Waals surface area contributed by atoms with Crippen molar-refractivity contribution in [3.05, 3.63) is 97.2 Å². The lowest BCUT2D eigenvalue weighted by molar-refractivity contribution is -0.167. The summed E-state index contributed by atoms with van der Waals surface area (Å²) in [7, 11) is 0. The molecule has 68 heavy (non-hydrogen) atoms. The number of hydrogen-bond donors (Lipinski definition) is 0. The van der Waals surface area contributed by atoms with Gasteiger partial charge in [-0.25, -0.2) is 0 Å². The Morgan fingerprint density at radius 2 is 0.588 bits per heavy atom. The Labute approximate surface area is 419 Å². The Morgan fingerprint density at radius 1 is 0.309 bits per heavy atom. The number of ether oxygens (including phenoxy) is 3. The van der Waals surface area contributed by atoms with Gasteiger partial charge in [0.2, 0.25) is 0 Å². The van der Waals surface area contributed by atoms with Crippen molar-refractivity contribution in [3.8, 4) is 0 Å². The number of unbranched alkanes of at least 4 members (excludes halogenated alkanes) is 23. The van der Waals surface area contributed by atoms with Crippen LogP contribution < -0.4 is 0 Å². The minimum absolute atomic E-state index is 0.0868. The fourth-order valence-electron chi connectivity index (χ4n) is 7.58. The molecule has 0 rings (SSSR count). The van der Waals surface area contributed by atoms with Gasteiger partial charge in [-0.05, 0) is 96.3 Å². The fourth-order valence-corrected chi connectivity index (χ4v) is 7.58. The Bertz CT molecular complexity index is 1360. The molecule has 0 saturated carbocycles. The minimum atomic E-state index is -0.787. The van der Waals surface area contributed by atoms with E-state index >= 15 is 0 Å². The molecule has 0 aliphatic heterocycles. The van der Waals surface area contributed by atoms with Crippen LogP contribution in [0.15, 0.2) is 97.2 Å². The zero-order chi connectivity index (χ0) is 49.3. The number of carbonyl (C=O) groups excluding carboxylic acids is 3. The van der Waals surface area contributed by atoms with Gasteiger partial charge in [0.05, 0.1) is 0 Å². The van der Waals surface area contributed by atoms with Gasteiger partial charge in [-0.1, -0.05) is 240 Å². The van der Waals surface area contributed by atoms with E-state index in [0.717, 1.165) is 128 Å². The van der Waals surface area contributed by atoms with Crippen molar-refractivity contribution in [1.29, 1.82) is 0 Å². The third-order valence-electron chi connectivity index (χ3n) is 11.8. The number of esters is 3. The fraction of sp³-hybridized carbons (Fsp3) is 0.694. The highest BCUT2D eigenvalue weighted by Crippen LogP contribution is 2.15. The predicted octanol–water partition coefficient (Wildman–Crippen LogP) is 18.9. The van der Waals surface area contributed by atoms with Gasteiger partial charge in [0.1, 0.15) is 13.2 Å². The molecule has 6 nitrogen and oxygen atoms in total. The van der Waals surface area contributed by atoms with Gasteiger partial charge in [0.15, 0.2) is 6.10 Å². The van der Waals surface area contributed by atoms with Gasteiger partial charge < -0.3 is 14.2 Å². The molecule has 0 spiro atoms.